The number of nitrogens with one attached hydrogen (secondary N) is 1. The summed E-state index contributed by atoms with van der Waals surface area (Å²) in [5, 5.41) is 11.6. The maximum Gasteiger partial charge on any atom is 0.255 e. The van der Waals surface area contributed by atoms with E-state index in [2.05, 4.69) is 27.3 Å². The van der Waals surface area contributed by atoms with Crippen molar-refractivity contribution in [3.8, 4) is 17.6 Å². The Morgan fingerprint density at radius 2 is 2.08 bits per heavy atom. The minimum absolute atomic E-state index is 0.231. The predicted octanol–water partition coefficient (Wildman–Crippen LogP) is 4.48. The smallest absolute Gasteiger partial charge is 0.255 e. The summed E-state index contributed by atoms with van der Waals surface area (Å²) < 4.78 is 11.8. The fraction of sp³-hybridized carbons (Fsp3) is 0.222. The number of hydrogen-bond donors (Lipinski definition) is 1. The van der Waals surface area contributed by atoms with Crippen LogP contribution < -0.4 is 14.8 Å². The molecule has 0 saturated heterocycles. The van der Waals surface area contributed by atoms with Gasteiger partial charge in [-0.15, -0.1) is 11.8 Å². The van der Waals surface area contributed by atoms with Crippen molar-refractivity contribution >= 4 is 39.3 Å². The summed E-state index contributed by atoms with van der Waals surface area (Å²) in [5.41, 5.74) is 1.20. The van der Waals surface area contributed by atoms with Gasteiger partial charge in [-0.2, -0.15) is 5.26 Å². The van der Waals surface area contributed by atoms with Crippen molar-refractivity contribution < 1.29 is 14.3 Å². The fourth-order valence-electron chi connectivity index (χ4n) is 2.34. The molecule has 3 rings (SSSR count). The first kappa shape index (κ1) is 17.6. The van der Waals surface area contributed by atoms with Crippen molar-refractivity contribution in [1.82, 2.24) is 0 Å². The van der Waals surface area contributed by atoms with Crippen LogP contribution >= 0.6 is 27.7 Å². The summed E-state index contributed by atoms with van der Waals surface area (Å²) in [7, 11) is 0. The van der Waals surface area contributed by atoms with Gasteiger partial charge in [0.15, 0.2) is 11.5 Å². The molecule has 0 aromatic heterocycles. The monoisotopic (exact) mass is 418 g/mol. The maximum absolute atomic E-state index is 12.6. The Balaban J connectivity index is 1.79. The molecule has 0 saturated carbocycles. The van der Waals surface area contributed by atoms with Crippen LogP contribution in [0.4, 0.5) is 5.69 Å². The van der Waals surface area contributed by atoms with Crippen LogP contribution in [0.15, 0.2) is 45.8 Å². The van der Waals surface area contributed by atoms with E-state index in [9.17, 15) is 4.79 Å². The van der Waals surface area contributed by atoms with Gasteiger partial charge >= 0.3 is 0 Å². The Morgan fingerprint density at radius 1 is 1.28 bits per heavy atom. The van der Waals surface area contributed by atoms with Crippen LogP contribution in [0.3, 0.4) is 0 Å². The van der Waals surface area contributed by atoms with Crippen LogP contribution in [0.2, 0.25) is 0 Å². The van der Waals surface area contributed by atoms with Crippen molar-refractivity contribution in [1.29, 1.82) is 5.26 Å². The van der Waals surface area contributed by atoms with Crippen LogP contribution in [0.5, 0.6) is 11.5 Å². The lowest BCUT2D eigenvalue weighted by Gasteiger charge is -2.20. The molecule has 128 valence electrons. The standard InChI is InChI=1S/C18H15BrN2O3S/c19-13-10-12(11-15-17(13)24-8-7-23-15)18(22)21-14-4-1-2-5-16(14)25-9-3-6-20/h1-2,4-5,10-11H,3,7-9H2,(H,21,22). The Morgan fingerprint density at radius 3 is 2.92 bits per heavy atom. The Bertz CT molecular complexity index is 836. The minimum atomic E-state index is -0.231. The highest BCUT2D eigenvalue weighted by Crippen LogP contribution is 2.39. The van der Waals surface area contributed by atoms with Gasteiger partial charge in [0.2, 0.25) is 0 Å². The number of carbonyl (C=O) groups excluding carboxylic acids is 1. The van der Waals surface area contributed by atoms with E-state index in [-0.39, 0.29) is 5.91 Å². The number of thioether (sulfide) groups is 1. The van der Waals surface area contributed by atoms with Crippen molar-refractivity contribution in [3.05, 3.63) is 46.4 Å². The summed E-state index contributed by atoms with van der Waals surface area (Å²) in [5.74, 6) is 1.63. The van der Waals surface area contributed by atoms with E-state index in [1.165, 1.54) is 0 Å². The van der Waals surface area contributed by atoms with E-state index in [1.54, 1.807) is 23.9 Å². The average molecular weight is 419 g/mol. The number of halogens is 1. The molecule has 7 heteroatoms. The van der Waals surface area contributed by atoms with Gasteiger partial charge in [-0.1, -0.05) is 12.1 Å². The number of benzene rings is 2. The highest BCUT2D eigenvalue weighted by molar-refractivity contribution is 9.10. The van der Waals surface area contributed by atoms with Gasteiger partial charge in [-0.05, 0) is 40.2 Å². The van der Waals surface area contributed by atoms with Crippen molar-refractivity contribution in [2.24, 2.45) is 0 Å². The molecular weight excluding hydrogens is 404 g/mol. The Kier molecular flexibility index (Phi) is 5.84. The van der Waals surface area contributed by atoms with Gasteiger partial charge in [-0.3, -0.25) is 4.79 Å². The number of rotatable bonds is 5. The second-order valence-electron chi connectivity index (χ2n) is 5.19. The summed E-state index contributed by atoms with van der Waals surface area (Å²) in [6.07, 6.45) is 0.460. The summed E-state index contributed by atoms with van der Waals surface area (Å²) in [6, 6.07) is 13.1. The maximum atomic E-state index is 12.6. The molecule has 1 N–H and O–H groups in total. The molecule has 1 aliphatic rings. The van der Waals surface area contributed by atoms with Crippen molar-refractivity contribution in [2.45, 2.75) is 11.3 Å². The van der Waals surface area contributed by atoms with Crippen LogP contribution in [0.1, 0.15) is 16.8 Å². The normalized spacial score (nSPS) is 12.3. The largest absolute Gasteiger partial charge is 0.486 e. The van der Waals surface area contributed by atoms with Gasteiger partial charge in [0, 0.05) is 22.6 Å². The molecule has 2 aromatic rings. The molecule has 0 fully saturated rings. The van der Waals surface area contributed by atoms with Gasteiger partial charge in [0.1, 0.15) is 13.2 Å². The second kappa shape index (κ2) is 8.28. The average Bonchev–Trinajstić information content (AvgIpc) is 2.63. The third-order valence-electron chi connectivity index (χ3n) is 3.47. The van der Waals surface area contributed by atoms with Crippen LogP contribution in [0, 0.1) is 11.3 Å². The number of carbonyl (C=O) groups is 1. The van der Waals surface area contributed by atoms with Gasteiger partial charge < -0.3 is 14.8 Å². The number of amides is 1. The molecule has 0 spiro atoms. The fourth-order valence-corrected chi connectivity index (χ4v) is 3.76. The Labute approximate surface area is 158 Å². The first-order valence-electron chi connectivity index (χ1n) is 7.68. The first-order valence-corrected chi connectivity index (χ1v) is 9.46. The summed E-state index contributed by atoms with van der Waals surface area (Å²) in [4.78, 5) is 13.6. The number of hydrogen-bond acceptors (Lipinski definition) is 5. The lowest BCUT2D eigenvalue weighted by molar-refractivity contribution is 0.102. The molecule has 1 aliphatic heterocycles. The Hall–Kier alpha value is -2.17. The van der Waals surface area contributed by atoms with Crippen molar-refractivity contribution in [2.75, 3.05) is 24.3 Å². The number of nitrogens with zero attached hydrogens (tertiary/aromatic N) is 1. The number of anilines is 1. The van der Waals surface area contributed by atoms with Crippen LogP contribution in [-0.4, -0.2) is 24.9 Å². The third kappa shape index (κ3) is 4.27. The summed E-state index contributed by atoms with van der Waals surface area (Å²) >= 11 is 4.97. The van der Waals surface area contributed by atoms with E-state index < -0.39 is 0 Å². The molecule has 2 aromatic carbocycles. The second-order valence-corrected chi connectivity index (χ2v) is 7.18. The van der Waals surface area contributed by atoms with E-state index in [0.29, 0.717) is 46.9 Å². The van der Waals surface area contributed by atoms with E-state index in [0.717, 1.165) is 10.6 Å². The van der Waals surface area contributed by atoms with E-state index in [4.69, 9.17) is 14.7 Å². The predicted molar refractivity (Wildman–Crippen MR) is 100 cm³/mol. The van der Waals surface area contributed by atoms with Crippen LogP contribution in [0.25, 0.3) is 0 Å². The molecule has 0 atom stereocenters. The molecule has 1 heterocycles. The topological polar surface area (TPSA) is 71.4 Å². The number of ether oxygens (including phenoxy) is 2. The first-order chi connectivity index (χ1) is 12.2. The molecule has 5 nitrogen and oxygen atoms in total. The third-order valence-corrected chi connectivity index (χ3v) is 5.13. The SMILES string of the molecule is N#CCCSc1ccccc1NC(=O)c1cc(Br)c2c(c1)OCCO2. The quantitative estimate of drug-likeness (QED) is 0.572. The molecule has 0 radical (unpaired) electrons. The lowest BCUT2D eigenvalue weighted by Crippen LogP contribution is -2.18. The van der Waals surface area contributed by atoms with Gasteiger partial charge in [0.25, 0.3) is 5.91 Å². The highest BCUT2D eigenvalue weighted by Gasteiger charge is 2.19. The van der Waals surface area contributed by atoms with E-state index >= 15 is 0 Å². The number of para-hydroxylation sites is 1. The number of fused-ring (bicyclic) bond motifs is 1. The molecule has 0 bridgehead atoms. The van der Waals surface area contributed by atoms with Gasteiger partial charge in [-0.25, -0.2) is 0 Å². The zero-order chi connectivity index (χ0) is 17.6. The summed E-state index contributed by atoms with van der Waals surface area (Å²) in [6.45, 7) is 0.952. The van der Waals surface area contributed by atoms with Gasteiger partial charge in [0.05, 0.1) is 16.2 Å². The molecule has 0 aliphatic carbocycles. The molecule has 25 heavy (non-hydrogen) atoms. The zero-order valence-corrected chi connectivity index (χ0v) is 15.7. The highest BCUT2D eigenvalue weighted by atomic mass is 79.9. The minimum Gasteiger partial charge on any atom is -0.486 e. The lowest BCUT2D eigenvalue weighted by atomic mass is 10.1. The molecule has 1 amide bonds. The number of nitriles is 1. The van der Waals surface area contributed by atoms with Crippen LogP contribution in [-0.2, 0) is 0 Å². The van der Waals surface area contributed by atoms with E-state index in [1.807, 2.05) is 24.3 Å². The molecule has 0 unspecified atom stereocenters. The molecular formula is C18H15BrN2O3S. The van der Waals surface area contributed by atoms with Crippen molar-refractivity contribution in [3.63, 3.8) is 0 Å². The zero-order valence-electron chi connectivity index (χ0n) is 13.3.